The summed E-state index contributed by atoms with van der Waals surface area (Å²) in [5, 5.41) is 6.35. The minimum absolute atomic E-state index is 0.266. The SMILES string of the molecule is C=CCc1cc(C(N)=O)n[nH]1. The van der Waals surface area contributed by atoms with Gasteiger partial charge in [-0.05, 0) is 6.07 Å². The van der Waals surface area contributed by atoms with Crippen LogP contribution in [0.2, 0.25) is 0 Å². The number of rotatable bonds is 3. The van der Waals surface area contributed by atoms with Crippen molar-refractivity contribution in [2.24, 2.45) is 5.73 Å². The zero-order chi connectivity index (χ0) is 8.27. The number of H-pyrrole nitrogens is 1. The Bertz CT molecular complexity index is 277. The van der Waals surface area contributed by atoms with Gasteiger partial charge in [0.15, 0.2) is 0 Å². The quantitative estimate of drug-likeness (QED) is 0.607. The lowest BCUT2D eigenvalue weighted by Crippen LogP contribution is -2.10. The second-order valence-corrected chi connectivity index (χ2v) is 2.14. The van der Waals surface area contributed by atoms with Gasteiger partial charge in [0, 0.05) is 12.1 Å². The third-order valence-corrected chi connectivity index (χ3v) is 1.25. The van der Waals surface area contributed by atoms with Crippen LogP contribution in [0, 0.1) is 0 Å². The number of nitrogens with two attached hydrogens (primary N) is 1. The lowest BCUT2D eigenvalue weighted by Gasteiger charge is -1.83. The Morgan fingerprint density at radius 1 is 1.91 bits per heavy atom. The number of carbonyl (C=O) groups is 1. The van der Waals surface area contributed by atoms with Crippen LogP contribution in [-0.2, 0) is 6.42 Å². The van der Waals surface area contributed by atoms with Gasteiger partial charge < -0.3 is 5.73 Å². The summed E-state index contributed by atoms with van der Waals surface area (Å²) < 4.78 is 0. The van der Waals surface area contributed by atoms with Crippen LogP contribution in [-0.4, -0.2) is 16.1 Å². The Labute approximate surface area is 64.1 Å². The van der Waals surface area contributed by atoms with E-state index in [1.54, 1.807) is 12.1 Å². The van der Waals surface area contributed by atoms with Gasteiger partial charge in [0.2, 0.25) is 0 Å². The fourth-order valence-corrected chi connectivity index (χ4v) is 0.748. The van der Waals surface area contributed by atoms with Crippen molar-refractivity contribution >= 4 is 5.91 Å². The van der Waals surface area contributed by atoms with E-state index in [0.29, 0.717) is 6.42 Å². The number of hydrogen-bond donors (Lipinski definition) is 2. The first-order chi connectivity index (χ1) is 5.24. The van der Waals surface area contributed by atoms with Crippen LogP contribution in [0.25, 0.3) is 0 Å². The highest BCUT2D eigenvalue weighted by Gasteiger charge is 2.03. The van der Waals surface area contributed by atoms with Gasteiger partial charge in [-0.15, -0.1) is 6.58 Å². The van der Waals surface area contributed by atoms with Crippen LogP contribution in [0.4, 0.5) is 0 Å². The van der Waals surface area contributed by atoms with Gasteiger partial charge in [-0.2, -0.15) is 5.10 Å². The Morgan fingerprint density at radius 2 is 2.64 bits per heavy atom. The Balaban J connectivity index is 2.81. The summed E-state index contributed by atoms with van der Waals surface area (Å²) in [5.74, 6) is -0.517. The summed E-state index contributed by atoms with van der Waals surface area (Å²) in [7, 11) is 0. The number of carbonyl (C=O) groups excluding carboxylic acids is 1. The zero-order valence-corrected chi connectivity index (χ0v) is 6.00. The van der Waals surface area contributed by atoms with Crippen molar-refractivity contribution in [2.45, 2.75) is 6.42 Å². The number of primary amides is 1. The largest absolute Gasteiger partial charge is 0.364 e. The maximum absolute atomic E-state index is 10.5. The van der Waals surface area contributed by atoms with E-state index in [0.717, 1.165) is 5.69 Å². The summed E-state index contributed by atoms with van der Waals surface area (Å²) in [6, 6.07) is 1.62. The van der Waals surface area contributed by atoms with Crippen molar-refractivity contribution in [3.63, 3.8) is 0 Å². The second kappa shape index (κ2) is 3.01. The number of aromatic nitrogens is 2. The first kappa shape index (κ1) is 7.53. The standard InChI is InChI=1S/C7H9N3O/c1-2-3-5-4-6(7(8)11)10-9-5/h2,4H,1,3H2,(H2,8,11)(H,9,10). The predicted octanol–water partition coefficient (Wildman–Crippen LogP) is 0.237. The molecular weight excluding hydrogens is 142 g/mol. The van der Waals surface area contributed by atoms with Gasteiger partial charge in [-0.1, -0.05) is 6.08 Å². The Hall–Kier alpha value is -1.58. The van der Waals surface area contributed by atoms with E-state index >= 15 is 0 Å². The molecule has 4 heteroatoms. The average Bonchev–Trinajstić information content (AvgIpc) is 2.37. The molecule has 4 nitrogen and oxygen atoms in total. The molecule has 1 amide bonds. The molecule has 0 saturated heterocycles. The van der Waals surface area contributed by atoms with Crippen LogP contribution in [0.1, 0.15) is 16.2 Å². The monoisotopic (exact) mass is 151 g/mol. The summed E-state index contributed by atoms with van der Waals surface area (Å²) >= 11 is 0. The number of aromatic amines is 1. The van der Waals surface area contributed by atoms with Crippen molar-refractivity contribution in [3.8, 4) is 0 Å². The van der Waals surface area contributed by atoms with E-state index in [2.05, 4.69) is 16.8 Å². The zero-order valence-electron chi connectivity index (χ0n) is 6.00. The molecule has 0 aromatic carbocycles. The molecule has 0 spiro atoms. The van der Waals surface area contributed by atoms with Crippen molar-refractivity contribution < 1.29 is 4.79 Å². The highest BCUT2D eigenvalue weighted by Crippen LogP contribution is 1.99. The summed E-state index contributed by atoms with van der Waals surface area (Å²) in [6.45, 7) is 3.55. The van der Waals surface area contributed by atoms with E-state index in [9.17, 15) is 4.79 Å². The van der Waals surface area contributed by atoms with Crippen molar-refractivity contribution in [1.82, 2.24) is 10.2 Å². The molecule has 1 rings (SSSR count). The molecule has 0 unspecified atom stereocenters. The molecule has 1 aromatic rings. The maximum Gasteiger partial charge on any atom is 0.269 e. The number of nitrogens with one attached hydrogen (secondary N) is 1. The van der Waals surface area contributed by atoms with Crippen LogP contribution < -0.4 is 5.73 Å². The van der Waals surface area contributed by atoms with E-state index in [-0.39, 0.29) is 5.69 Å². The van der Waals surface area contributed by atoms with Gasteiger partial charge in [-0.3, -0.25) is 9.89 Å². The minimum atomic E-state index is -0.517. The van der Waals surface area contributed by atoms with Gasteiger partial charge in [0.05, 0.1) is 0 Å². The molecule has 1 aromatic heterocycles. The molecule has 3 N–H and O–H groups in total. The highest BCUT2D eigenvalue weighted by atomic mass is 16.1. The topological polar surface area (TPSA) is 71.8 Å². The predicted molar refractivity (Wildman–Crippen MR) is 41.0 cm³/mol. The maximum atomic E-state index is 10.5. The van der Waals surface area contributed by atoms with E-state index in [1.165, 1.54) is 0 Å². The van der Waals surface area contributed by atoms with Crippen LogP contribution in [0.3, 0.4) is 0 Å². The van der Waals surface area contributed by atoms with Crippen LogP contribution in [0.5, 0.6) is 0 Å². The van der Waals surface area contributed by atoms with Crippen molar-refractivity contribution in [3.05, 3.63) is 30.1 Å². The van der Waals surface area contributed by atoms with Crippen LogP contribution >= 0.6 is 0 Å². The van der Waals surface area contributed by atoms with E-state index < -0.39 is 5.91 Å². The fraction of sp³-hybridized carbons (Fsp3) is 0.143. The number of amides is 1. The van der Waals surface area contributed by atoms with Crippen molar-refractivity contribution in [2.75, 3.05) is 0 Å². The second-order valence-electron chi connectivity index (χ2n) is 2.14. The third-order valence-electron chi connectivity index (χ3n) is 1.25. The first-order valence-electron chi connectivity index (χ1n) is 3.19. The molecule has 1 heterocycles. The molecule has 0 aliphatic heterocycles. The van der Waals surface area contributed by atoms with Gasteiger partial charge in [0.25, 0.3) is 5.91 Å². The molecule has 0 saturated carbocycles. The van der Waals surface area contributed by atoms with E-state index in [4.69, 9.17) is 5.73 Å². The lowest BCUT2D eigenvalue weighted by molar-refractivity contribution is 0.0995. The smallest absolute Gasteiger partial charge is 0.269 e. The molecule has 0 radical (unpaired) electrons. The molecule has 0 fully saturated rings. The Morgan fingerprint density at radius 3 is 3.09 bits per heavy atom. The normalized spacial score (nSPS) is 9.45. The third kappa shape index (κ3) is 1.67. The average molecular weight is 151 g/mol. The first-order valence-corrected chi connectivity index (χ1v) is 3.19. The molecule has 0 atom stereocenters. The highest BCUT2D eigenvalue weighted by molar-refractivity contribution is 5.90. The fourth-order valence-electron chi connectivity index (χ4n) is 0.748. The molecule has 58 valence electrons. The van der Waals surface area contributed by atoms with Gasteiger partial charge >= 0.3 is 0 Å². The molecule has 0 aliphatic carbocycles. The summed E-state index contributed by atoms with van der Waals surface area (Å²) in [5.41, 5.74) is 6.08. The Kier molecular flexibility index (Phi) is 2.06. The molecule has 0 aliphatic rings. The molecule has 0 bridgehead atoms. The number of allylic oxidation sites excluding steroid dienone is 1. The van der Waals surface area contributed by atoms with Gasteiger partial charge in [-0.25, -0.2) is 0 Å². The van der Waals surface area contributed by atoms with Crippen molar-refractivity contribution in [1.29, 1.82) is 0 Å². The minimum Gasteiger partial charge on any atom is -0.364 e. The molecule has 11 heavy (non-hydrogen) atoms. The molecular formula is C7H9N3O. The van der Waals surface area contributed by atoms with Crippen LogP contribution in [0.15, 0.2) is 18.7 Å². The number of nitrogens with zero attached hydrogens (tertiary/aromatic N) is 1. The summed E-state index contributed by atoms with van der Waals surface area (Å²) in [4.78, 5) is 10.5. The van der Waals surface area contributed by atoms with E-state index in [1.807, 2.05) is 0 Å². The number of hydrogen-bond acceptors (Lipinski definition) is 2. The van der Waals surface area contributed by atoms with Gasteiger partial charge in [0.1, 0.15) is 5.69 Å². The lowest BCUT2D eigenvalue weighted by atomic mass is 10.3. The summed E-state index contributed by atoms with van der Waals surface area (Å²) in [6.07, 6.45) is 2.39.